The second kappa shape index (κ2) is 5.01. The number of piperidine rings is 1. The Morgan fingerprint density at radius 1 is 1.28 bits per heavy atom. The highest BCUT2D eigenvalue weighted by molar-refractivity contribution is 5.97. The molecule has 1 aromatic carbocycles. The number of nitrogens with zero attached hydrogens (tertiary/aromatic N) is 1. The van der Waals surface area contributed by atoms with E-state index in [0.717, 1.165) is 18.4 Å². The van der Waals surface area contributed by atoms with Gasteiger partial charge in [0.15, 0.2) is 0 Å². The monoisotopic (exact) mass is 247 g/mol. The van der Waals surface area contributed by atoms with Crippen LogP contribution in [0.25, 0.3) is 0 Å². The summed E-state index contributed by atoms with van der Waals surface area (Å²) in [6.45, 7) is 6.07. The molecule has 0 saturated carbocycles. The zero-order chi connectivity index (χ0) is 13.3. The van der Waals surface area contributed by atoms with Gasteiger partial charge < -0.3 is 10.0 Å². The maximum absolute atomic E-state index is 12.5. The van der Waals surface area contributed by atoms with Crippen molar-refractivity contribution in [3.8, 4) is 5.75 Å². The van der Waals surface area contributed by atoms with Crippen LogP contribution >= 0.6 is 0 Å². The van der Waals surface area contributed by atoms with Gasteiger partial charge in [0.1, 0.15) is 5.75 Å². The van der Waals surface area contributed by atoms with Gasteiger partial charge in [-0.3, -0.25) is 4.79 Å². The fraction of sp³-hybridized carbons (Fsp3) is 0.533. The Kier molecular flexibility index (Phi) is 3.60. The minimum absolute atomic E-state index is 0.0489. The van der Waals surface area contributed by atoms with Crippen molar-refractivity contribution in [2.24, 2.45) is 0 Å². The molecule has 1 N–H and O–H groups in total. The third kappa shape index (κ3) is 2.35. The fourth-order valence-corrected chi connectivity index (χ4v) is 2.78. The summed E-state index contributed by atoms with van der Waals surface area (Å²) in [6, 6.07) is 5.74. The summed E-state index contributed by atoms with van der Waals surface area (Å²) in [4.78, 5) is 14.4. The van der Waals surface area contributed by atoms with Crippen LogP contribution < -0.4 is 0 Å². The van der Waals surface area contributed by atoms with E-state index in [9.17, 15) is 9.90 Å². The maximum atomic E-state index is 12.5. The van der Waals surface area contributed by atoms with Crippen molar-refractivity contribution in [3.63, 3.8) is 0 Å². The van der Waals surface area contributed by atoms with Crippen molar-refractivity contribution in [1.82, 2.24) is 4.90 Å². The number of hydrogen-bond acceptors (Lipinski definition) is 2. The molecule has 1 aliphatic heterocycles. The zero-order valence-electron chi connectivity index (χ0n) is 11.3. The van der Waals surface area contributed by atoms with Gasteiger partial charge in [0, 0.05) is 12.1 Å². The molecule has 0 aliphatic carbocycles. The number of carbonyl (C=O) groups is 1. The molecule has 1 aliphatic rings. The van der Waals surface area contributed by atoms with E-state index in [2.05, 4.69) is 13.8 Å². The molecule has 1 amide bonds. The topological polar surface area (TPSA) is 40.5 Å². The Labute approximate surface area is 108 Å². The Morgan fingerprint density at radius 3 is 2.44 bits per heavy atom. The molecule has 1 saturated heterocycles. The van der Waals surface area contributed by atoms with Crippen molar-refractivity contribution in [1.29, 1.82) is 0 Å². The van der Waals surface area contributed by atoms with Gasteiger partial charge in [0.25, 0.3) is 5.91 Å². The van der Waals surface area contributed by atoms with Crippen LogP contribution in [0.3, 0.4) is 0 Å². The lowest BCUT2D eigenvalue weighted by Crippen LogP contribution is -2.47. The van der Waals surface area contributed by atoms with E-state index in [4.69, 9.17) is 0 Å². The molecule has 98 valence electrons. The summed E-state index contributed by atoms with van der Waals surface area (Å²) in [5.74, 6) is 0.0390. The van der Waals surface area contributed by atoms with Crippen LogP contribution in [0, 0.1) is 6.92 Å². The fourth-order valence-electron chi connectivity index (χ4n) is 2.78. The standard InChI is InChI=1S/C15H21NO2/c1-10-7-8-13(14(17)9-10)15(18)16-11(2)5-4-6-12(16)3/h7-9,11-12,17H,4-6H2,1-3H3. The van der Waals surface area contributed by atoms with Gasteiger partial charge in [-0.05, 0) is 57.7 Å². The van der Waals surface area contributed by atoms with Gasteiger partial charge in [-0.1, -0.05) is 6.07 Å². The Balaban J connectivity index is 2.29. The first-order chi connectivity index (χ1) is 8.50. The van der Waals surface area contributed by atoms with Crippen molar-refractivity contribution >= 4 is 5.91 Å². The van der Waals surface area contributed by atoms with Crippen LogP contribution in [0.4, 0.5) is 0 Å². The van der Waals surface area contributed by atoms with E-state index in [1.165, 1.54) is 6.42 Å². The van der Waals surface area contributed by atoms with Crippen molar-refractivity contribution in [2.45, 2.75) is 52.1 Å². The van der Waals surface area contributed by atoms with E-state index >= 15 is 0 Å². The number of carbonyl (C=O) groups excluding carboxylic acids is 1. The number of hydrogen-bond donors (Lipinski definition) is 1. The van der Waals surface area contributed by atoms with Crippen LogP contribution in [0.1, 0.15) is 49.0 Å². The number of phenols is 1. The highest BCUT2D eigenvalue weighted by Gasteiger charge is 2.30. The van der Waals surface area contributed by atoms with Crippen LogP contribution in [0.15, 0.2) is 18.2 Å². The maximum Gasteiger partial charge on any atom is 0.258 e. The van der Waals surface area contributed by atoms with Gasteiger partial charge in [0.05, 0.1) is 5.56 Å². The van der Waals surface area contributed by atoms with Crippen LogP contribution in [-0.2, 0) is 0 Å². The lowest BCUT2D eigenvalue weighted by Gasteiger charge is -2.39. The largest absolute Gasteiger partial charge is 0.507 e. The number of rotatable bonds is 1. The number of amides is 1. The van der Waals surface area contributed by atoms with E-state index < -0.39 is 0 Å². The van der Waals surface area contributed by atoms with E-state index in [1.807, 2.05) is 17.9 Å². The smallest absolute Gasteiger partial charge is 0.258 e. The van der Waals surface area contributed by atoms with Crippen LogP contribution in [0.2, 0.25) is 0 Å². The molecule has 0 bridgehead atoms. The Bertz CT molecular complexity index is 446. The summed E-state index contributed by atoms with van der Waals surface area (Å²) in [5, 5.41) is 9.92. The minimum Gasteiger partial charge on any atom is -0.507 e. The minimum atomic E-state index is -0.0489. The summed E-state index contributed by atoms with van der Waals surface area (Å²) in [5.41, 5.74) is 1.38. The lowest BCUT2D eigenvalue weighted by molar-refractivity contribution is 0.0508. The molecule has 2 rings (SSSR count). The number of benzene rings is 1. The normalized spacial score (nSPS) is 24.1. The molecule has 2 atom stereocenters. The van der Waals surface area contributed by atoms with Crippen LogP contribution in [-0.4, -0.2) is 28.0 Å². The van der Waals surface area contributed by atoms with E-state index in [-0.39, 0.29) is 23.7 Å². The zero-order valence-corrected chi connectivity index (χ0v) is 11.3. The molecular weight excluding hydrogens is 226 g/mol. The molecule has 0 radical (unpaired) electrons. The van der Waals surface area contributed by atoms with Gasteiger partial charge in [-0.2, -0.15) is 0 Å². The quantitative estimate of drug-likeness (QED) is 0.828. The average Bonchev–Trinajstić information content (AvgIpc) is 2.28. The predicted molar refractivity (Wildman–Crippen MR) is 71.8 cm³/mol. The molecule has 0 aromatic heterocycles. The van der Waals surface area contributed by atoms with E-state index in [1.54, 1.807) is 12.1 Å². The molecule has 18 heavy (non-hydrogen) atoms. The van der Waals surface area contributed by atoms with Crippen molar-refractivity contribution in [3.05, 3.63) is 29.3 Å². The third-order valence-corrected chi connectivity index (χ3v) is 3.81. The summed E-state index contributed by atoms with van der Waals surface area (Å²) < 4.78 is 0. The second-order valence-electron chi connectivity index (χ2n) is 5.36. The lowest BCUT2D eigenvalue weighted by atomic mass is 9.96. The predicted octanol–water partition coefficient (Wildman–Crippen LogP) is 3.10. The molecule has 1 aromatic rings. The summed E-state index contributed by atoms with van der Waals surface area (Å²) >= 11 is 0. The van der Waals surface area contributed by atoms with Crippen LogP contribution in [0.5, 0.6) is 5.75 Å². The molecule has 1 heterocycles. The highest BCUT2D eigenvalue weighted by Crippen LogP contribution is 2.27. The molecule has 0 spiro atoms. The number of likely N-dealkylation sites (tertiary alicyclic amines) is 1. The molecule has 3 heteroatoms. The first kappa shape index (κ1) is 12.9. The first-order valence-electron chi connectivity index (χ1n) is 6.63. The van der Waals surface area contributed by atoms with Crippen molar-refractivity contribution < 1.29 is 9.90 Å². The van der Waals surface area contributed by atoms with Gasteiger partial charge >= 0.3 is 0 Å². The number of aromatic hydroxyl groups is 1. The molecular formula is C15H21NO2. The first-order valence-corrected chi connectivity index (χ1v) is 6.63. The number of phenolic OH excluding ortho intramolecular Hbond substituents is 1. The van der Waals surface area contributed by atoms with Gasteiger partial charge in [-0.25, -0.2) is 0 Å². The molecule has 1 fully saturated rings. The SMILES string of the molecule is Cc1ccc(C(=O)N2C(C)CCCC2C)c(O)c1. The molecule has 2 unspecified atom stereocenters. The number of aryl methyl sites for hydroxylation is 1. The van der Waals surface area contributed by atoms with Gasteiger partial charge in [0.2, 0.25) is 0 Å². The Hall–Kier alpha value is -1.51. The summed E-state index contributed by atoms with van der Waals surface area (Å²) in [6.07, 6.45) is 3.26. The third-order valence-electron chi connectivity index (χ3n) is 3.81. The van der Waals surface area contributed by atoms with E-state index in [0.29, 0.717) is 5.56 Å². The Morgan fingerprint density at radius 2 is 1.89 bits per heavy atom. The van der Waals surface area contributed by atoms with Gasteiger partial charge in [-0.15, -0.1) is 0 Å². The summed E-state index contributed by atoms with van der Waals surface area (Å²) in [7, 11) is 0. The second-order valence-corrected chi connectivity index (χ2v) is 5.36. The van der Waals surface area contributed by atoms with Crippen molar-refractivity contribution in [2.75, 3.05) is 0 Å². The average molecular weight is 247 g/mol. The molecule has 3 nitrogen and oxygen atoms in total. The highest BCUT2D eigenvalue weighted by atomic mass is 16.3.